The number of aliphatic carboxylic acids is 2. The highest BCUT2D eigenvalue weighted by atomic mass is 16.4. The van der Waals surface area contributed by atoms with Gasteiger partial charge < -0.3 is 36.5 Å². The molecule has 0 bridgehead atoms. The van der Waals surface area contributed by atoms with Gasteiger partial charge in [0.1, 0.15) is 18.1 Å². The molecule has 0 spiro atoms. The van der Waals surface area contributed by atoms with Crippen molar-refractivity contribution in [1.82, 2.24) is 26.3 Å². The molecular weight excluding hydrogens is 494 g/mol. The minimum Gasteiger partial charge on any atom is -0.481 e. The van der Waals surface area contributed by atoms with Crippen molar-refractivity contribution >= 4 is 40.6 Å². The van der Waals surface area contributed by atoms with E-state index in [1.54, 1.807) is 6.20 Å². The SMILES string of the molecule is CC(C)CC(NC(=O)C(CC(=O)O)NC(=O)C1CCCN1)C(=O)NC(Cc1c[nH]c2ccccc12)C(=O)O. The molecule has 2 aromatic rings. The van der Waals surface area contributed by atoms with Crippen molar-refractivity contribution in [1.29, 1.82) is 0 Å². The van der Waals surface area contributed by atoms with Gasteiger partial charge in [-0.25, -0.2) is 4.79 Å². The highest BCUT2D eigenvalue weighted by Crippen LogP contribution is 2.19. The molecule has 0 aliphatic carbocycles. The summed E-state index contributed by atoms with van der Waals surface area (Å²) in [6, 6.07) is 3.07. The molecule has 0 saturated carbocycles. The molecule has 1 aromatic carbocycles. The molecule has 1 aliphatic rings. The zero-order chi connectivity index (χ0) is 27.8. The summed E-state index contributed by atoms with van der Waals surface area (Å²) in [6.07, 6.45) is 2.57. The lowest BCUT2D eigenvalue weighted by Crippen LogP contribution is -2.57. The van der Waals surface area contributed by atoms with Gasteiger partial charge in [-0.3, -0.25) is 19.2 Å². The fourth-order valence-electron chi connectivity index (χ4n) is 4.53. The van der Waals surface area contributed by atoms with E-state index >= 15 is 0 Å². The molecule has 1 saturated heterocycles. The number of H-pyrrole nitrogens is 1. The van der Waals surface area contributed by atoms with Crippen LogP contribution in [-0.4, -0.2) is 75.6 Å². The first-order chi connectivity index (χ1) is 18.0. The van der Waals surface area contributed by atoms with E-state index in [4.69, 9.17) is 0 Å². The van der Waals surface area contributed by atoms with Crippen molar-refractivity contribution in [3.05, 3.63) is 36.0 Å². The van der Waals surface area contributed by atoms with Crippen molar-refractivity contribution in [2.24, 2.45) is 5.92 Å². The molecule has 12 nitrogen and oxygen atoms in total. The van der Waals surface area contributed by atoms with E-state index in [-0.39, 0.29) is 18.8 Å². The van der Waals surface area contributed by atoms with Crippen LogP contribution in [0.4, 0.5) is 0 Å². The van der Waals surface area contributed by atoms with Crippen molar-refractivity contribution in [3.63, 3.8) is 0 Å². The van der Waals surface area contributed by atoms with Gasteiger partial charge in [-0.1, -0.05) is 32.0 Å². The number of amides is 3. The van der Waals surface area contributed by atoms with Gasteiger partial charge in [0, 0.05) is 23.5 Å². The van der Waals surface area contributed by atoms with E-state index in [9.17, 15) is 34.2 Å². The second kappa shape index (κ2) is 13.0. The van der Waals surface area contributed by atoms with Crippen LogP contribution in [0.3, 0.4) is 0 Å². The molecule has 2 heterocycles. The predicted molar refractivity (Wildman–Crippen MR) is 138 cm³/mol. The number of para-hydroxylation sites is 1. The second-order valence-electron chi connectivity index (χ2n) is 9.96. The van der Waals surface area contributed by atoms with Gasteiger partial charge in [-0.15, -0.1) is 0 Å². The summed E-state index contributed by atoms with van der Waals surface area (Å²) in [5, 5.41) is 30.4. The Hall–Kier alpha value is -3.93. The largest absolute Gasteiger partial charge is 0.481 e. The standard InChI is InChI=1S/C26H35N5O7/c1-14(2)10-19(29-25(36)20(12-22(32)33)30-23(34)18-8-5-9-27-18)24(35)31-21(26(37)38)11-15-13-28-17-7-4-3-6-16(15)17/h3-4,6-7,13-14,18-21,27-28H,5,8-12H2,1-2H3,(H,29,36)(H,30,34)(H,31,35)(H,32,33)(H,37,38). The van der Waals surface area contributed by atoms with Gasteiger partial charge in [-0.2, -0.15) is 0 Å². The number of benzene rings is 1. The van der Waals surface area contributed by atoms with Gasteiger partial charge in [0.2, 0.25) is 17.7 Å². The van der Waals surface area contributed by atoms with E-state index < -0.39 is 60.2 Å². The first-order valence-corrected chi connectivity index (χ1v) is 12.7. The summed E-state index contributed by atoms with van der Waals surface area (Å²) >= 11 is 0. The monoisotopic (exact) mass is 529 g/mol. The first-order valence-electron chi connectivity index (χ1n) is 12.7. The predicted octanol–water partition coefficient (Wildman–Crippen LogP) is 0.522. The summed E-state index contributed by atoms with van der Waals surface area (Å²) in [5.41, 5.74) is 1.55. The Labute approximate surface area is 219 Å². The summed E-state index contributed by atoms with van der Waals surface area (Å²) < 4.78 is 0. The third-order valence-electron chi connectivity index (χ3n) is 6.44. The normalized spacial score (nSPS) is 17.5. The lowest BCUT2D eigenvalue weighted by molar-refractivity contribution is -0.143. The van der Waals surface area contributed by atoms with Crippen LogP contribution in [0.5, 0.6) is 0 Å². The van der Waals surface area contributed by atoms with Gasteiger partial charge >= 0.3 is 11.9 Å². The van der Waals surface area contributed by atoms with Crippen molar-refractivity contribution in [3.8, 4) is 0 Å². The summed E-state index contributed by atoms with van der Waals surface area (Å²) in [6.45, 7) is 4.30. The highest BCUT2D eigenvalue weighted by Gasteiger charge is 2.33. The van der Waals surface area contributed by atoms with Crippen LogP contribution in [0.1, 0.15) is 45.1 Å². The van der Waals surface area contributed by atoms with Crippen LogP contribution >= 0.6 is 0 Å². The zero-order valence-electron chi connectivity index (χ0n) is 21.5. The molecule has 3 amide bonds. The average molecular weight is 530 g/mol. The maximum absolute atomic E-state index is 13.2. The first kappa shape index (κ1) is 28.6. The Bertz CT molecular complexity index is 1170. The molecule has 1 aliphatic heterocycles. The number of nitrogens with one attached hydrogen (secondary N) is 5. The van der Waals surface area contributed by atoms with E-state index in [0.717, 1.165) is 17.3 Å². The number of fused-ring (bicyclic) bond motifs is 1. The number of hydrogen-bond acceptors (Lipinski definition) is 6. The molecule has 7 N–H and O–H groups in total. The van der Waals surface area contributed by atoms with Crippen LogP contribution in [0, 0.1) is 5.92 Å². The molecule has 12 heteroatoms. The summed E-state index contributed by atoms with van der Waals surface area (Å²) in [7, 11) is 0. The number of carboxylic acids is 2. The Kier molecular flexibility index (Phi) is 9.83. The van der Waals surface area contributed by atoms with E-state index in [2.05, 4.69) is 26.3 Å². The van der Waals surface area contributed by atoms with E-state index in [1.807, 2.05) is 38.1 Å². The van der Waals surface area contributed by atoms with E-state index in [0.29, 0.717) is 18.5 Å². The summed E-state index contributed by atoms with van der Waals surface area (Å²) in [4.78, 5) is 65.2. The number of hydrogen-bond donors (Lipinski definition) is 7. The summed E-state index contributed by atoms with van der Waals surface area (Å²) in [5.74, 6) is -4.62. The smallest absolute Gasteiger partial charge is 0.326 e. The molecule has 3 rings (SSSR count). The second-order valence-corrected chi connectivity index (χ2v) is 9.96. The topological polar surface area (TPSA) is 190 Å². The van der Waals surface area contributed by atoms with Gasteiger partial charge in [0.05, 0.1) is 12.5 Å². The number of rotatable bonds is 13. The number of aromatic nitrogens is 1. The van der Waals surface area contributed by atoms with Crippen molar-refractivity contribution in [2.45, 2.75) is 70.1 Å². The maximum Gasteiger partial charge on any atom is 0.326 e. The minimum atomic E-state index is -1.40. The Morgan fingerprint density at radius 2 is 1.66 bits per heavy atom. The van der Waals surface area contributed by atoms with Gasteiger partial charge in [-0.05, 0) is 43.4 Å². The fraction of sp³-hybridized carbons (Fsp3) is 0.500. The average Bonchev–Trinajstić information content (AvgIpc) is 3.53. The lowest BCUT2D eigenvalue weighted by atomic mass is 10.0. The molecule has 1 aromatic heterocycles. The minimum absolute atomic E-state index is 0.0134. The Balaban J connectivity index is 1.72. The number of carboxylic acid groups (broad SMARTS) is 2. The molecular formula is C26H35N5O7. The van der Waals surface area contributed by atoms with Crippen LogP contribution in [0.25, 0.3) is 10.9 Å². The zero-order valence-corrected chi connectivity index (χ0v) is 21.5. The van der Waals surface area contributed by atoms with Crippen LogP contribution in [0.2, 0.25) is 0 Å². The van der Waals surface area contributed by atoms with Crippen molar-refractivity contribution < 1.29 is 34.2 Å². The maximum atomic E-state index is 13.2. The quantitative estimate of drug-likeness (QED) is 0.195. The fourth-order valence-corrected chi connectivity index (χ4v) is 4.53. The highest BCUT2D eigenvalue weighted by molar-refractivity contribution is 5.96. The van der Waals surface area contributed by atoms with Gasteiger partial charge in [0.25, 0.3) is 0 Å². The van der Waals surface area contributed by atoms with Crippen LogP contribution < -0.4 is 21.3 Å². The van der Waals surface area contributed by atoms with Gasteiger partial charge in [0.15, 0.2) is 0 Å². The molecule has 4 unspecified atom stereocenters. The molecule has 38 heavy (non-hydrogen) atoms. The lowest BCUT2D eigenvalue weighted by Gasteiger charge is -2.25. The number of carbonyl (C=O) groups excluding carboxylic acids is 3. The molecule has 206 valence electrons. The van der Waals surface area contributed by atoms with E-state index in [1.165, 1.54) is 0 Å². The van der Waals surface area contributed by atoms with Crippen LogP contribution in [-0.2, 0) is 30.4 Å². The third kappa shape index (κ3) is 7.78. The van der Waals surface area contributed by atoms with Crippen LogP contribution in [0.15, 0.2) is 30.5 Å². The number of carbonyl (C=O) groups is 5. The van der Waals surface area contributed by atoms with Crippen molar-refractivity contribution in [2.75, 3.05) is 6.54 Å². The molecule has 1 fully saturated rings. The molecule has 4 atom stereocenters. The Morgan fingerprint density at radius 1 is 0.974 bits per heavy atom. The Morgan fingerprint density at radius 3 is 2.29 bits per heavy atom. The molecule has 0 radical (unpaired) electrons. The third-order valence-corrected chi connectivity index (χ3v) is 6.44. The number of aromatic amines is 1.